The number of benzene rings is 3. The Bertz CT molecular complexity index is 1320. The highest BCUT2D eigenvalue weighted by Gasteiger charge is 2.16. The van der Waals surface area contributed by atoms with Crippen LogP contribution in [0.25, 0.3) is 44.2 Å². The minimum Gasteiger partial charge on any atom is -0.496 e. The summed E-state index contributed by atoms with van der Waals surface area (Å²) in [6, 6.07) is 25.9. The molecule has 0 aliphatic heterocycles. The van der Waals surface area contributed by atoms with Crippen LogP contribution < -0.4 is 4.74 Å². The monoisotopic (exact) mass is 366 g/mol. The molecule has 5 rings (SSSR count). The van der Waals surface area contributed by atoms with Gasteiger partial charge in [0.1, 0.15) is 5.75 Å². The minimum atomic E-state index is 0.120. The highest BCUT2D eigenvalue weighted by molar-refractivity contribution is 6.01. The second-order valence-corrected chi connectivity index (χ2v) is 6.70. The molecule has 0 atom stereocenters. The van der Waals surface area contributed by atoms with Crippen molar-refractivity contribution < 1.29 is 9.84 Å². The number of aromatic hydroxyl groups is 1. The number of hydrogen-bond acceptors (Lipinski definition) is 3. The van der Waals surface area contributed by atoms with E-state index in [9.17, 15) is 5.11 Å². The molecule has 2 heterocycles. The SMILES string of the molecule is COc1ccccc1-c1ccc2[nH]c(O)c(-c3ccc4ccccc4n3)c2c1. The average Bonchev–Trinajstić information content (AvgIpc) is 3.08. The molecule has 3 aromatic carbocycles. The van der Waals surface area contributed by atoms with E-state index >= 15 is 0 Å². The first-order valence-electron chi connectivity index (χ1n) is 9.09. The van der Waals surface area contributed by atoms with Gasteiger partial charge >= 0.3 is 0 Å². The molecule has 4 nitrogen and oxygen atoms in total. The van der Waals surface area contributed by atoms with Gasteiger partial charge in [-0.05, 0) is 35.9 Å². The lowest BCUT2D eigenvalue weighted by molar-refractivity contribution is 0.416. The molecule has 0 fully saturated rings. The third kappa shape index (κ3) is 2.58. The largest absolute Gasteiger partial charge is 0.496 e. The number of pyridine rings is 1. The van der Waals surface area contributed by atoms with E-state index in [4.69, 9.17) is 9.72 Å². The number of aromatic amines is 1. The van der Waals surface area contributed by atoms with Gasteiger partial charge in [0.2, 0.25) is 0 Å². The number of H-pyrrole nitrogens is 1. The van der Waals surface area contributed by atoms with Crippen LogP contribution in [0, 0.1) is 0 Å². The topological polar surface area (TPSA) is 58.1 Å². The highest BCUT2D eigenvalue weighted by Crippen LogP contribution is 2.39. The molecule has 136 valence electrons. The Morgan fingerprint density at radius 3 is 2.61 bits per heavy atom. The van der Waals surface area contributed by atoms with Gasteiger partial charge in [0.05, 0.1) is 23.9 Å². The summed E-state index contributed by atoms with van der Waals surface area (Å²) in [7, 11) is 1.67. The van der Waals surface area contributed by atoms with Gasteiger partial charge in [0, 0.05) is 21.9 Å². The second kappa shape index (κ2) is 6.43. The molecule has 2 N–H and O–H groups in total. The van der Waals surface area contributed by atoms with Crippen molar-refractivity contribution in [3.63, 3.8) is 0 Å². The van der Waals surface area contributed by atoms with Crippen LogP contribution in [-0.2, 0) is 0 Å². The van der Waals surface area contributed by atoms with E-state index in [-0.39, 0.29) is 5.88 Å². The van der Waals surface area contributed by atoms with Gasteiger partial charge in [-0.15, -0.1) is 0 Å². The lowest BCUT2D eigenvalue weighted by atomic mass is 10.0. The second-order valence-electron chi connectivity index (χ2n) is 6.70. The normalized spacial score (nSPS) is 11.2. The summed E-state index contributed by atoms with van der Waals surface area (Å²) in [6.07, 6.45) is 0. The first-order chi connectivity index (χ1) is 13.7. The summed E-state index contributed by atoms with van der Waals surface area (Å²) in [5, 5.41) is 12.6. The fraction of sp³-hybridized carbons (Fsp3) is 0.0417. The number of ether oxygens (including phenoxy) is 1. The van der Waals surface area contributed by atoms with Crippen molar-refractivity contribution in [1.82, 2.24) is 9.97 Å². The molecule has 0 saturated heterocycles. The van der Waals surface area contributed by atoms with Crippen LogP contribution in [-0.4, -0.2) is 22.2 Å². The lowest BCUT2D eigenvalue weighted by Crippen LogP contribution is -1.88. The molecule has 2 aromatic heterocycles. The predicted octanol–water partition coefficient (Wildman–Crippen LogP) is 5.76. The molecule has 0 aliphatic rings. The lowest BCUT2D eigenvalue weighted by Gasteiger charge is -2.09. The fourth-order valence-electron chi connectivity index (χ4n) is 3.69. The first-order valence-corrected chi connectivity index (χ1v) is 9.09. The molecule has 0 amide bonds. The Kier molecular flexibility index (Phi) is 3.76. The molecule has 4 heteroatoms. The number of fused-ring (bicyclic) bond motifs is 2. The molecule has 0 radical (unpaired) electrons. The number of methoxy groups -OCH3 is 1. The highest BCUT2D eigenvalue weighted by atomic mass is 16.5. The van der Waals surface area contributed by atoms with E-state index < -0.39 is 0 Å². The molecule has 0 spiro atoms. The number of nitrogens with zero attached hydrogens (tertiary/aromatic N) is 1. The predicted molar refractivity (Wildman–Crippen MR) is 113 cm³/mol. The Labute approximate surface area is 162 Å². The molecule has 0 bridgehead atoms. The van der Waals surface area contributed by atoms with Crippen LogP contribution >= 0.6 is 0 Å². The van der Waals surface area contributed by atoms with E-state index in [0.717, 1.165) is 44.4 Å². The Hall–Kier alpha value is -3.79. The molecule has 0 aliphatic carbocycles. The van der Waals surface area contributed by atoms with Crippen molar-refractivity contribution in [2.45, 2.75) is 0 Å². The van der Waals surface area contributed by atoms with Gasteiger partial charge in [-0.3, -0.25) is 0 Å². The van der Waals surface area contributed by atoms with Crippen molar-refractivity contribution in [2.75, 3.05) is 7.11 Å². The number of hydrogen-bond donors (Lipinski definition) is 2. The van der Waals surface area contributed by atoms with Gasteiger partial charge in [0.15, 0.2) is 5.88 Å². The van der Waals surface area contributed by atoms with Crippen LogP contribution in [0.4, 0.5) is 0 Å². The van der Waals surface area contributed by atoms with Gasteiger partial charge in [-0.25, -0.2) is 4.98 Å². The van der Waals surface area contributed by atoms with Crippen LogP contribution in [0.15, 0.2) is 78.9 Å². The Morgan fingerprint density at radius 1 is 0.893 bits per heavy atom. The molecule has 0 unspecified atom stereocenters. The third-order valence-corrected chi connectivity index (χ3v) is 5.05. The summed E-state index contributed by atoms with van der Waals surface area (Å²) in [4.78, 5) is 7.83. The summed E-state index contributed by atoms with van der Waals surface area (Å²) in [5.41, 5.74) is 5.23. The maximum atomic E-state index is 10.6. The number of nitrogens with one attached hydrogen (secondary N) is 1. The first kappa shape index (κ1) is 16.4. The maximum absolute atomic E-state index is 10.6. The van der Waals surface area contributed by atoms with Crippen LogP contribution in [0.2, 0.25) is 0 Å². The van der Waals surface area contributed by atoms with Crippen LogP contribution in [0.5, 0.6) is 11.6 Å². The van der Waals surface area contributed by atoms with E-state index in [1.807, 2.05) is 72.8 Å². The van der Waals surface area contributed by atoms with Crippen molar-refractivity contribution in [3.8, 4) is 34.0 Å². The standard InChI is InChI=1S/C24H18N2O2/c1-28-22-9-5-3-7-17(22)16-11-12-20-18(14-16)23(24(27)26-20)21-13-10-15-6-2-4-8-19(15)25-21/h2-14,26-27H,1H3. The minimum absolute atomic E-state index is 0.120. The van der Waals surface area contributed by atoms with Gasteiger partial charge in [-0.1, -0.05) is 48.5 Å². The van der Waals surface area contributed by atoms with E-state index in [1.165, 1.54) is 0 Å². The maximum Gasteiger partial charge on any atom is 0.199 e. The average molecular weight is 366 g/mol. The zero-order valence-electron chi connectivity index (χ0n) is 15.3. The van der Waals surface area contributed by atoms with Crippen molar-refractivity contribution in [1.29, 1.82) is 0 Å². The van der Waals surface area contributed by atoms with Crippen molar-refractivity contribution in [2.24, 2.45) is 0 Å². The van der Waals surface area contributed by atoms with Gasteiger partial charge in [0.25, 0.3) is 0 Å². The van der Waals surface area contributed by atoms with Crippen molar-refractivity contribution >= 4 is 21.8 Å². The summed E-state index contributed by atoms with van der Waals surface area (Å²) in [5.74, 6) is 0.932. The van der Waals surface area contributed by atoms with E-state index in [2.05, 4.69) is 11.1 Å². The summed E-state index contributed by atoms with van der Waals surface area (Å²) in [6.45, 7) is 0. The Balaban J connectivity index is 1.73. The van der Waals surface area contributed by atoms with Crippen LogP contribution in [0.1, 0.15) is 0 Å². The van der Waals surface area contributed by atoms with Gasteiger partial charge in [-0.2, -0.15) is 0 Å². The van der Waals surface area contributed by atoms with E-state index in [0.29, 0.717) is 5.56 Å². The van der Waals surface area contributed by atoms with Crippen molar-refractivity contribution in [3.05, 3.63) is 78.9 Å². The zero-order valence-corrected chi connectivity index (χ0v) is 15.3. The Morgan fingerprint density at radius 2 is 1.71 bits per heavy atom. The third-order valence-electron chi connectivity index (χ3n) is 5.05. The molecule has 5 aromatic rings. The molecule has 28 heavy (non-hydrogen) atoms. The summed E-state index contributed by atoms with van der Waals surface area (Å²) >= 11 is 0. The fourth-order valence-corrected chi connectivity index (χ4v) is 3.69. The molecular weight excluding hydrogens is 348 g/mol. The van der Waals surface area contributed by atoms with Gasteiger partial charge < -0.3 is 14.8 Å². The molecule has 0 saturated carbocycles. The van der Waals surface area contributed by atoms with E-state index in [1.54, 1.807) is 7.11 Å². The smallest absolute Gasteiger partial charge is 0.199 e. The molecular formula is C24H18N2O2. The quantitative estimate of drug-likeness (QED) is 0.426. The zero-order chi connectivity index (χ0) is 19.1. The number of para-hydroxylation sites is 2. The van der Waals surface area contributed by atoms with Crippen LogP contribution in [0.3, 0.4) is 0 Å². The number of rotatable bonds is 3. The number of aromatic nitrogens is 2. The summed E-state index contributed by atoms with van der Waals surface area (Å²) < 4.78 is 5.51.